The van der Waals surface area contributed by atoms with Crippen molar-refractivity contribution >= 4 is 0 Å². The highest BCUT2D eigenvalue weighted by molar-refractivity contribution is 5.57. The molecule has 6 heteroatoms. The van der Waals surface area contributed by atoms with Crippen LogP contribution in [-0.2, 0) is 11.3 Å². The Kier molecular flexibility index (Phi) is 5.13. The summed E-state index contributed by atoms with van der Waals surface area (Å²) in [5.74, 6) is 1.02. The van der Waals surface area contributed by atoms with E-state index in [4.69, 9.17) is 4.74 Å². The molecule has 1 aliphatic heterocycles. The molecule has 0 unspecified atom stereocenters. The number of imidazole rings is 2. The van der Waals surface area contributed by atoms with Gasteiger partial charge >= 0.3 is 0 Å². The first-order valence-corrected chi connectivity index (χ1v) is 9.27. The molecule has 4 rings (SSSR count). The average molecular weight is 351 g/mol. The molecule has 1 aromatic carbocycles. The van der Waals surface area contributed by atoms with Crippen LogP contribution >= 0.6 is 0 Å². The fourth-order valence-corrected chi connectivity index (χ4v) is 3.58. The van der Waals surface area contributed by atoms with E-state index in [0.717, 1.165) is 56.3 Å². The molecule has 3 heterocycles. The molecule has 0 bridgehead atoms. The van der Waals surface area contributed by atoms with Gasteiger partial charge in [-0.25, -0.2) is 9.97 Å². The summed E-state index contributed by atoms with van der Waals surface area (Å²) in [5, 5.41) is 0. The van der Waals surface area contributed by atoms with Gasteiger partial charge in [-0.1, -0.05) is 6.92 Å². The zero-order valence-corrected chi connectivity index (χ0v) is 15.2. The van der Waals surface area contributed by atoms with Gasteiger partial charge in [-0.15, -0.1) is 0 Å². The molecule has 0 spiro atoms. The van der Waals surface area contributed by atoms with E-state index in [1.807, 2.05) is 23.3 Å². The SMILES string of the molecule is CC[C@H](Cn1ccnc1-c1ccc(-n2ccnc2)cc1)N1CCOCC1. The third-order valence-electron chi connectivity index (χ3n) is 5.08. The Labute approximate surface area is 154 Å². The molecule has 0 amide bonds. The molecule has 0 radical (unpaired) electrons. The number of nitrogens with zero attached hydrogens (tertiary/aromatic N) is 5. The summed E-state index contributed by atoms with van der Waals surface area (Å²) in [6.07, 6.45) is 10.6. The van der Waals surface area contributed by atoms with Crippen molar-refractivity contribution in [2.75, 3.05) is 26.3 Å². The maximum Gasteiger partial charge on any atom is 0.139 e. The maximum absolute atomic E-state index is 5.50. The second kappa shape index (κ2) is 7.85. The van der Waals surface area contributed by atoms with Crippen LogP contribution in [0.1, 0.15) is 13.3 Å². The molecule has 1 saturated heterocycles. The van der Waals surface area contributed by atoms with E-state index in [9.17, 15) is 0 Å². The molecule has 1 aliphatic rings. The lowest BCUT2D eigenvalue weighted by molar-refractivity contribution is 0.0122. The average Bonchev–Trinajstić information content (AvgIpc) is 3.39. The van der Waals surface area contributed by atoms with E-state index in [1.165, 1.54) is 0 Å². The quantitative estimate of drug-likeness (QED) is 0.685. The highest BCUT2D eigenvalue weighted by atomic mass is 16.5. The smallest absolute Gasteiger partial charge is 0.139 e. The summed E-state index contributed by atoms with van der Waals surface area (Å²) in [4.78, 5) is 11.3. The van der Waals surface area contributed by atoms with E-state index in [-0.39, 0.29) is 0 Å². The van der Waals surface area contributed by atoms with E-state index in [2.05, 4.69) is 56.8 Å². The van der Waals surface area contributed by atoms with Crippen molar-refractivity contribution < 1.29 is 4.74 Å². The summed E-state index contributed by atoms with van der Waals surface area (Å²) >= 11 is 0. The van der Waals surface area contributed by atoms with Crippen molar-refractivity contribution in [2.24, 2.45) is 0 Å². The fraction of sp³-hybridized carbons (Fsp3) is 0.400. The Morgan fingerprint density at radius 2 is 1.88 bits per heavy atom. The van der Waals surface area contributed by atoms with Crippen molar-refractivity contribution in [1.82, 2.24) is 24.0 Å². The van der Waals surface area contributed by atoms with Gasteiger partial charge in [-0.2, -0.15) is 0 Å². The van der Waals surface area contributed by atoms with Crippen molar-refractivity contribution in [3.63, 3.8) is 0 Å². The Hall–Kier alpha value is -2.44. The third-order valence-corrected chi connectivity index (χ3v) is 5.08. The number of hydrogen-bond acceptors (Lipinski definition) is 4. The highest BCUT2D eigenvalue weighted by Crippen LogP contribution is 2.21. The van der Waals surface area contributed by atoms with Crippen molar-refractivity contribution in [3.05, 3.63) is 55.4 Å². The molecule has 26 heavy (non-hydrogen) atoms. The second-order valence-electron chi connectivity index (χ2n) is 6.63. The minimum absolute atomic E-state index is 0.511. The fourth-order valence-electron chi connectivity index (χ4n) is 3.58. The highest BCUT2D eigenvalue weighted by Gasteiger charge is 2.21. The van der Waals surface area contributed by atoms with Crippen LogP contribution in [0.2, 0.25) is 0 Å². The second-order valence-corrected chi connectivity index (χ2v) is 6.63. The van der Waals surface area contributed by atoms with Crippen LogP contribution in [0.25, 0.3) is 17.1 Å². The lowest BCUT2D eigenvalue weighted by Crippen LogP contribution is -2.45. The normalized spacial score (nSPS) is 16.7. The number of ether oxygens (including phenoxy) is 1. The molecule has 6 nitrogen and oxygen atoms in total. The molecule has 2 aromatic heterocycles. The zero-order valence-electron chi connectivity index (χ0n) is 15.2. The lowest BCUT2D eigenvalue weighted by atomic mass is 10.1. The van der Waals surface area contributed by atoms with Gasteiger partial charge in [-0.05, 0) is 30.7 Å². The van der Waals surface area contributed by atoms with Gasteiger partial charge in [0.2, 0.25) is 0 Å². The predicted molar refractivity (Wildman–Crippen MR) is 101 cm³/mol. The summed E-state index contributed by atoms with van der Waals surface area (Å²) in [6.45, 7) is 6.92. The van der Waals surface area contributed by atoms with Crippen molar-refractivity contribution in [1.29, 1.82) is 0 Å². The van der Waals surface area contributed by atoms with Gasteiger partial charge in [-0.3, -0.25) is 4.90 Å². The Morgan fingerprint density at radius 1 is 1.08 bits per heavy atom. The molecule has 0 aliphatic carbocycles. The van der Waals surface area contributed by atoms with E-state index >= 15 is 0 Å². The molecule has 136 valence electrons. The standard InChI is InChI=1S/C20H25N5O/c1-2-18(23-11-13-26-14-12-23)15-24-10-8-22-20(24)17-3-5-19(6-4-17)25-9-7-21-16-25/h3-10,16,18H,2,11-15H2,1H3/t18-/m1/s1. The minimum Gasteiger partial charge on any atom is -0.379 e. The summed E-state index contributed by atoms with van der Waals surface area (Å²) < 4.78 is 9.77. The predicted octanol–water partition coefficient (Wildman–Crippen LogP) is 2.85. The van der Waals surface area contributed by atoms with E-state index in [1.54, 1.807) is 6.20 Å². The topological polar surface area (TPSA) is 48.1 Å². The molecule has 0 N–H and O–H groups in total. The first-order valence-electron chi connectivity index (χ1n) is 9.27. The van der Waals surface area contributed by atoms with Crippen molar-refractivity contribution in [3.8, 4) is 17.1 Å². The summed E-state index contributed by atoms with van der Waals surface area (Å²) in [6, 6.07) is 8.98. The van der Waals surface area contributed by atoms with Gasteiger partial charge in [0.1, 0.15) is 5.82 Å². The van der Waals surface area contributed by atoms with Gasteiger partial charge in [0, 0.05) is 61.7 Å². The van der Waals surface area contributed by atoms with Crippen LogP contribution in [0.3, 0.4) is 0 Å². The van der Waals surface area contributed by atoms with Gasteiger partial charge in [0.05, 0.1) is 19.5 Å². The molecular formula is C20H25N5O. The number of hydrogen-bond donors (Lipinski definition) is 0. The van der Waals surface area contributed by atoms with Crippen LogP contribution in [0.15, 0.2) is 55.4 Å². The minimum atomic E-state index is 0.511. The van der Waals surface area contributed by atoms with Crippen LogP contribution < -0.4 is 0 Å². The van der Waals surface area contributed by atoms with Gasteiger partial charge < -0.3 is 13.9 Å². The largest absolute Gasteiger partial charge is 0.379 e. The number of benzene rings is 1. The molecule has 1 fully saturated rings. The molecule has 0 saturated carbocycles. The number of aromatic nitrogens is 4. The first kappa shape index (κ1) is 17.0. The zero-order chi connectivity index (χ0) is 17.8. The van der Waals surface area contributed by atoms with E-state index < -0.39 is 0 Å². The van der Waals surface area contributed by atoms with Crippen LogP contribution in [0.4, 0.5) is 0 Å². The monoisotopic (exact) mass is 351 g/mol. The van der Waals surface area contributed by atoms with Crippen LogP contribution in [0, 0.1) is 0 Å². The van der Waals surface area contributed by atoms with Gasteiger partial charge in [0.15, 0.2) is 0 Å². The number of rotatable bonds is 6. The first-order chi connectivity index (χ1) is 12.8. The number of morpholine rings is 1. The maximum atomic E-state index is 5.50. The Bertz CT molecular complexity index is 803. The Morgan fingerprint density at radius 3 is 2.58 bits per heavy atom. The van der Waals surface area contributed by atoms with Crippen molar-refractivity contribution in [2.45, 2.75) is 25.9 Å². The van der Waals surface area contributed by atoms with Crippen LogP contribution in [0.5, 0.6) is 0 Å². The van der Waals surface area contributed by atoms with Crippen LogP contribution in [-0.4, -0.2) is 56.3 Å². The third kappa shape index (κ3) is 3.57. The lowest BCUT2D eigenvalue weighted by Gasteiger charge is -2.34. The molecule has 1 atom stereocenters. The summed E-state index contributed by atoms with van der Waals surface area (Å²) in [5.41, 5.74) is 2.24. The molecule has 3 aromatic rings. The Balaban J connectivity index is 1.52. The molecular weight excluding hydrogens is 326 g/mol. The van der Waals surface area contributed by atoms with E-state index in [0.29, 0.717) is 6.04 Å². The van der Waals surface area contributed by atoms with Gasteiger partial charge in [0.25, 0.3) is 0 Å². The summed E-state index contributed by atoms with van der Waals surface area (Å²) in [7, 11) is 0.